The minimum Gasteiger partial charge on any atom is -0.507 e. The van der Waals surface area contributed by atoms with Crippen LogP contribution >= 0.6 is 11.3 Å². The number of benzene rings is 3. The number of fused-ring (bicyclic) bond motifs is 1. The maximum atomic E-state index is 13.8. The zero-order chi connectivity index (χ0) is 25.4. The van der Waals surface area contributed by atoms with Crippen molar-refractivity contribution in [3.63, 3.8) is 0 Å². The maximum Gasteiger partial charge on any atom is 0.301 e. The lowest BCUT2D eigenvalue weighted by Gasteiger charge is -2.23. The van der Waals surface area contributed by atoms with E-state index < -0.39 is 23.5 Å². The standard InChI is InChI=1S/C27H21FN2O5S/c1-3-35-19-6-4-5-16(13-19)24(31)22-23(15-7-10-18(34-2)11-8-15)30(26(33)25(22)32)27-29-20-12-9-17(28)14-21(20)36-27/h4-14,23,31H,3H2,1-2H3/b24-22+. The fraction of sp³-hybridized carbons (Fsp3) is 0.148. The van der Waals surface area contributed by atoms with Crippen molar-refractivity contribution in [1.29, 1.82) is 0 Å². The van der Waals surface area contributed by atoms with E-state index in [1.807, 2.05) is 6.92 Å². The highest BCUT2D eigenvalue weighted by molar-refractivity contribution is 7.22. The van der Waals surface area contributed by atoms with Crippen molar-refractivity contribution >= 4 is 44.1 Å². The molecule has 4 aromatic rings. The number of hydrogen-bond donors (Lipinski definition) is 1. The van der Waals surface area contributed by atoms with Crippen molar-refractivity contribution in [3.05, 3.63) is 89.2 Å². The first-order chi connectivity index (χ1) is 17.4. The summed E-state index contributed by atoms with van der Waals surface area (Å²) in [4.78, 5) is 32.4. The van der Waals surface area contributed by atoms with Gasteiger partial charge in [0.05, 0.1) is 35.5 Å². The van der Waals surface area contributed by atoms with E-state index in [2.05, 4.69) is 4.98 Å². The average molecular weight is 505 g/mol. The normalized spacial score (nSPS) is 17.1. The van der Waals surface area contributed by atoms with Gasteiger partial charge >= 0.3 is 5.91 Å². The smallest absolute Gasteiger partial charge is 0.301 e. The molecule has 0 bridgehead atoms. The Labute approximate surface area is 210 Å². The topological polar surface area (TPSA) is 89.0 Å². The molecule has 0 saturated carbocycles. The molecule has 1 aromatic heterocycles. The molecule has 1 saturated heterocycles. The predicted octanol–water partition coefficient (Wildman–Crippen LogP) is 5.47. The summed E-state index contributed by atoms with van der Waals surface area (Å²) in [5, 5.41) is 11.5. The number of halogens is 1. The number of nitrogens with zero attached hydrogens (tertiary/aromatic N) is 2. The highest BCUT2D eigenvalue weighted by Gasteiger charge is 2.48. The highest BCUT2D eigenvalue weighted by atomic mass is 32.1. The molecule has 182 valence electrons. The molecule has 9 heteroatoms. The summed E-state index contributed by atoms with van der Waals surface area (Å²) in [5.41, 5.74) is 1.33. The first-order valence-electron chi connectivity index (χ1n) is 11.2. The summed E-state index contributed by atoms with van der Waals surface area (Å²) in [6.07, 6.45) is 0. The lowest BCUT2D eigenvalue weighted by Crippen LogP contribution is -2.29. The van der Waals surface area contributed by atoms with Crippen LogP contribution < -0.4 is 14.4 Å². The van der Waals surface area contributed by atoms with Crippen molar-refractivity contribution in [3.8, 4) is 11.5 Å². The molecular formula is C27H21FN2O5S. The van der Waals surface area contributed by atoms with Gasteiger partial charge in [-0.25, -0.2) is 9.37 Å². The Kier molecular flexibility index (Phi) is 6.15. The molecule has 2 heterocycles. The predicted molar refractivity (Wildman–Crippen MR) is 135 cm³/mol. The molecule has 5 rings (SSSR count). The maximum absolute atomic E-state index is 13.8. The first-order valence-corrected chi connectivity index (χ1v) is 12.0. The quantitative estimate of drug-likeness (QED) is 0.213. The average Bonchev–Trinajstić information content (AvgIpc) is 3.41. The van der Waals surface area contributed by atoms with Crippen LogP contribution in [-0.4, -0.2) is 35.5 Å². The number of ether oxygens (including phenoxy) is 2. The van der Waals surface area contributed by atoms with Gasteiger partial charge in [0.15, 0.2) is 5.13 Å². The number of carbonyl (C=O) groups is 2. The van der Waals surface area contributed by atoms with Crippen LogP contribution in [0.2, 0.25) is 0 Å². The highest BCUT2D eigenvalue weighted by Crippen LogP contribution is 2.44. The van der Waals surface area contributed by atoms with E-state index >= 15 is 0 Å². The van der Waals surface area contributed by atoms with Crippen LogP contribution in [0.4, 0.5) is 9.52 Å². The van der Waals surface area contributed by atoms with Gasteiger partial charge in [-0.1, -0.05) is 35.6 Å². The van der Waals surface area contributed by atoms with Crippen molar-refractivity contribution in [2.45, 2.75) is 13.0 Å². The van der Waals surface area contributed by atoms with Gasteiger partial charge in [0.25, 0.3) is 5.78 Å². The molecule has 1 aliphatic heterocycles. The Morgan fingerprint density at radius 2 is 1.86 bits per heavy atom. The fourth-order valence-corrected chi connectivity index (χ4v) is 5.19. The molecular weight excluding hydrogens is 483 g/mol. The van der Waals surface area contributed by atoms with E-state index in [-0.39, 0.29) is 16.5 Å². The summed E-state index contributed by atoms with van der Waals surface area (Å²) in [7, 11) is 1.53. The number of amides is 1. The van der Waals surface area contributed by atoms with Crippen molar-refractivity contribution in [2.75, 3.05) is 18.6 Å². The van der Waals surface area contributed by atoms with Crippen LogP contribution in [0.1, 0.15) is 24.1 Å². The molecule has 1 unspecified atom stereocenters. The van der Waals surface area contributed by atoms with Gasteiger partial charge in [-0.05, 0) is 55.0 Å². The number of rotatable bonds is 6. The molecule has 3 aromatic carbocycles. The lowest BCUT2D eigenvalue weighted by atomic mass is 9.95. The molecule has 0 spiro atoms. The van der Waals surface area contributed by atoms with E-state index in [0.717, 1.165) is 11.3 Å². The lowest BCUT2D eigenvalue weighted by molar-refractivity contribution is -0.132. The zero-order valence-corrected chi connectivity index (χ0v) is 20.2. The van der Waals surface area contributed by atoms with E-state index in [4.69, 9.17) is 9.47 Å². The zero-order valence-electron chi connectivity index (χ0n) is 19.4. The van der Waals surface area contributed by atoms with Crippen LogP contribution in [0.25, 0.3) is 16.0 Å². The van der Waals surface area contributed by atoms with Crippen LogP contribution in [0.15, 0.2) is 72.3 Å². The fourth-order valence-electron chi connectivity index (χ4n) is 4.18. The van der Waals surface area contributed by atoms with Gasteiger partial charge in [-0.2, -0.15) is 0 Å². The van der Waals surface area contributed by atoms with Gasteiger partial charge in [-0.3, -0.25) is 14.5 Å². The van der Waals surface area contributed by atoms with Crippen molar-refractivity contribution in [2.24, 2.45) is 0 Å². The molecule has 7 nitrogen and oxygen atoms in total. The Hall–Kier alpha value is -4.24. The monoisotopic (exact) mass is 504 g/mol. The number of Topliss-reactive ketones (excluding diaryl/α,β-unsaturated/α-hetero) is 1. The number of aliphatic hydroxyl groups is 1. The first kappa shape index (κ1) is 23.5. The number of methoxy groups -OCH3 is 1. The Morgan fingerprint density at radius 1 is 1.08 bits per heavy atom. The number of aromatic nitrogens is 1. The molecule has 1 N–H and O–H groups in total. The SMILES string of the molecule is CCOc1cccc(/C(O)=C2\C(=O)C(=O)N(c3nc4ccc(F)cc4s3)C2c2ccc(OC)cc2)c1. The number of aliphatic hydroxyl groups excluding tert-OH is 1. The Morgan fingerprint density at radius 3 is 2.58 bits per heavy atom. The van der Waals surface area contributed by atoms with E-state index in [1.165, 1.54) is 30.2 Å². The summed E-state index contributed by atoms with van der Waals surface area (Å²) in [5.74, 6) is -1.33. The van der Waals surface area contributed by atoms with Crippen LogP contribution in [0.5, 0.6) is 11.5 Å². The number of thiazole rings is 1. The third-order valence-electron chi connectivity index (χ3n) is 5.84. The van der Waals surface area contributed by atoms with Gasteiger partial charge in [-0.15, -0.1) is 0 Å². The molecule has 0 aliphatic carbocycles. The van der Waals surface area contributed by atoms with Gasteiger partial charge < -0.3 is 14.6 Å². The molecule has 1 fully saturated rings. The summed E-state index contributed by atoms with van der Waals surface area (Å²) < 4.78 is 25.1. The number of ketones is 1. The van der Waals surface area contributed by atoms with Crippen LogP contribution in [0, 0.1) is 5.82 Å². The Balaban J connectivity index is 1.70. The molecule has 1 atom stereocenters. The summed E-state index contributed by atoms with van der Waals surface area (Å²) >= 11 is 1.09. The number of hydrogen-bond acceptors (Lipinski definition) is 7. The second-order valence-corrected chi connectivity index (χ2v) is 9.02. The van der Waals surface area contributed by atoms with Crippen LogP contribution in [0.3, 0.4) is 0 Å². The Bertz CT molecular complexity index is 1510. The van der Waals surface area contributed by atoms with Gasteiger partial charge in [0.1, 0.15) is 23.1 Å². The third kappa shape index (κ3) is 4.07. The van der Waals surface area contributed by atoms with Crippen molar-refractivity contribution in [1.82, 2.24) is 4.98 Å². The van der Waals surface area contributed by atoms with E-state index in [0.29, 0.717) is 39.4 Å². The minimum absolute atomic E-state index is 0.0794. The third-order valence-corrected chi connectivity index (χ3v) is 6.86. The second-order valence-electron chi connectivity index (χ2n) is 8.01. The van der Waals surface area contributed by atoms with E-state index in [9.17, 15) is 19.1 Å². The van der Waals surface area contributed by atoms with Crippen molar-refractivity contribution < 1.29 is 28.6 Å². The van der Waals surface area contributed by atoms with E-state index in [1.54, 1.807) is 48.5 Å². The van der Waals surface area contributed by atoms with Crippen LogP contribution in [-0.2, 0) is 9.59 Å². The number of anilines is 1. The summed E-state index contributed by atoms with van der Waals surface area (Å²) in [6.45, 7) is 2.27. The minimum atomic E-state index is -0.961. The van der Waals surface area contributed by atoms with Gasteiger partial charge in [0, 0.05) is 5.56 Å². The largest absolute Gasteiger partial charge is 0.507 e. The molecule has 0 radical (unpaired) electrons. The van der Waals surface area contributed by atoms with Gasteiger partial charge in [0.2, 0.25) is 0 Å². The molecule has 1 amide bonds. The molecule has 36 heavy (non-hydrogen) atoms. The summed E-state index contributed by atoms with van der Waals surface area (Å²) in [6, 6.07) is 16.7. The second kappa shape index (κ2) is 9.43. The molecule has 1 aliphatic rings. The number of carbonyl (C=O) groups excluding carboxylic acids is 2.